The van der Waals surface area contributed by atoms with Crippen molar-refractivity contribution >= 4 is 23.2 Å². The first-order chi connectivity index (χ1) is 13.6. The van der Waals surface area contributed by atoms with Crippen LogP contribution in [0.15, 0.2) is 66.7 Å². The smallest absolute Gasteiger partial charge is 0.256 e. The van der Waals surface area contributed by atoms with Crippen molar-refractivity contribution in [3.05, 3.63) is 89.0 Å². The summed E-state index contributed by atoms with van der Waals surface area (Å²) in [5.41, 5.74) is 5.58. The van der Waals surface area contributed by atoms with Gasteiger partial charge in [-0.15, -0.1) is 0 Å². The third-order valence-electron chi connectivity index (χ3n) is 4.72. The Balaban J connectivity index is 1.57. The van der Waals surface area contributed by atoms with Crippen LogP contribution in [0.5, 0.6) is 11.5 Å². The molecular formula is C24H21NO3. The third-order valence-corrected chi connectivity index (χ3v) is 4.72. The molecule has 1 N–H and O–H groups in total. The Morgan fingerprint density at radius 2 is 1.75 bits per heavy atom. The molecule has 4 heteroatoms. The zero-order valence-electron chi connectivity index (χ0n) is 15.9. The topological polar surface area (TPSA) is 47.6 Å². The number of carbonyl (C=O) groups excluding carboxylic acids is 1. The SMILES string of the molecule is COc1cc(/C=C2\C(=O)Nc3ccccc32)ccc1OCc1ccc(C)cc1. The molecule has 28 heavy (non-hydrogen) atoms. The highest BCUT2D eigenvalue weighted by atomic mass is 16.5. The summed E-state index contributed by atoms with van der Waals surface area (Å²) in [6.07, 6.45) is 1.87. The zero-order valence-corrected chi connectivity index (χ0v) is 15.9. The molecule has 0 saturated carbocycles. The predicted octanol–water partition coefficient (Wildman–Crippen LogP) is 5.08. The fraction of sp³-hybridized carbons (Fsp3) is 0.125. The highest BCUT2D eigenvalue weighted by molar-refractivity contribution is 6.34. The number of aryl methyl sites for hydroxylation is 1. The van der Waals surface area contributed by atoms with Crippen LogP contribution in [0.4, 0.5) is 5.69 Å². The standard InChI is InChI=1S/C24H21NO3/c1-16-7-9-17(10-8-16)15-28-22-12-11-18(14-23(22)27-2)13-20-19-5-3-4-6-21(19)25-24(20)26/h3-14H,15H2,1-2H3,(H,25,26)/b20-13-. The Morgan fingerprint density at radius 1 is 0.964 bits per heavy atom. The number of anilines is 1. The van der Waals surface area contributed by atoms with Crippen LogP contribution in [0.2, 0.25) is 0 Å². The first kappa shape index (κ1) is 17.9. The minimum atomic E-state index is -0.0973. The number of rotatable bonds is 5. The molecule has 0 unspecified atom stereocenters. The van der Waals surface area contributed by atoms with Gasteiger partial charge in [0.15, 0.2) is 11.5 Å². The molecule has 1 aliphatic heterocycles. The van der Waals surface area contributed by atoms with Gasteiger partial charge in [-0.2, -0.15) is 0 Å². The number of fused-ring (bicyclic) bond motifs is 1. The fourth-order valence-electron chi connectivity index (χ4n) is 3.19. The molecule has 0 aliphatic carbocycles. The molecule has 0 aromatic heterocycles. The van der Waals surface area contributed by atoms with E-state index in [4.69, 9.17) is 9.47 Å². The van der Waals surface area contributed by atoms with Crippen molar-refractivity contribution in [1.82, 2.24) is 0 Å². The van der Waals surface area contributed by atoms with Crippen LogP contribution in [0, 0.1) is 6.92 Å². The summed E-state index contributed by atoms with van der Waals surface area (Å²) in [6.45, 7) is 2.52. The highest BCUT2D eigenvalue weighted by Gasteiger charge is 2.23. The van der Waals surface area contributed by atoms with Gasteiger partial charge in [0.1, 0.15) is 6.61 Å². The summed E-state index contributed by atoms with van der Waals surface area (Å²) in [7, 11) is 1.61. The van der Waals surface area contributed by atoms with Crippen LogP contribution < -0.4 is 14.8 Å². The zero-order chi connectivity index (χ0) is 19.5. The van der Waals surface area contributed by atoms with Crippen molar-refractivity contribution in [2.75, 3.05) is 12.4 Å². The van der Waals surface area contributed by atoms with Gasteiger partial charge in [-0.05, 0) is 42.3 Å². The van der Waals surface area contributed by atoms with Gasteiger partial charge in [-0.1, -0.05) is 54.1 Å². The van der Waals surface area contributed by atoms with E-state index in [2.05, 4.69) is 36.5 Å². The minimum absolute atomic E-state index is 0.0973. The molecule has 4 nitrogen and oxygen atoms in total. The summed E-state index contributed by atoms with van der Waals surface area (Å²) >= 11 is 0. The first-order valence-electron chi connectivity index (χ1n) is 9.13. The van der Waals surface area contributed by atoms with E-state index in [-0.39, 0.29) is 5.91 Å². The fourth-order valence-corrected chi connectivity index (χ4v) is 3.19. The molecule has 1 amide bonds. The van der Waals surface area contributed by atoms with Crippen molar-refractivity contribution in [3.8, 4) is 11.5 Å². The average molecular weight is 371 g/mol. The summed E-state index contributed by atoms with van der Waals surface area (Å²) in [6, 6.07) is 21.6. The number of hydrogen-bond acceptors (Lipinski definition) is 3. The Hall–Kier alpha value is -3.53. The number of nitrogens with one attached hydrogen (secondary N) is 1. The Kier molecular flexibility index (Phi) is 4.85. The lowest BCUT2D eigenvalue weighted by Crippen LogP contribution is -2.03. The highest BCUT2D eigenvalue weighted by Crippen LogP contribution is 2.35. The molecule has 140 valence electrons. The van der Waals surface area contributed by atoms with E-state index in [1.807, 2.05) is 48.5 Å². The molecule has 4 rings (SSSR count). The van der Waals surface area contributed by atoms with Gasteiger partial charge >= 0.3 is 0 Å². The van der Waals surface area contributed by atoms with Crippen LogP contribution in [-0.4, -0.2) is 13.0 Å². The average Bonchev–Trinajstić information content (AvgIpc) is 3.03. The number of methoxy groups -OCH3 is 1. The van der Waals surface area contributed by atoms with E-state index in [0.717, 1.165) is 22.4 Å². The second kappa shape index (κ2) is 7.61. The lowest BCUT2D eigenvalue weighted by molar-refractivity contribution is -0.110. The second-order valence-corrected chi connectivity index (χ2v) is 6.74. The largest absolute Gasteiger partial charge is 0.493 e. The maximum absolute atomic E-state index is 12.3. The molecule has 0 fully saturated rings. The molecule has 0 spiro atoms. The summed E-state index contributed by atoms with van der Waals surface area (Å²) in [5.74, 6) is 1.20. The number of ether oxygens (including phenoxy) is 2. The van der Waals surface area contributed by atoms with Crippen molar-refractivity contribution in [2.24, 2.45) is 0 Å². The van der Waals surface area contributed by atoms with Crippen LogP contribution in [-0.2, 0) is 11.4 Å². The maximum atomic E-state index is 12.3. The van der Waals surface area contributed by atoms with Crippen molar-refractivity contribution in [1.29, 1.82) is 0 Å². The summed E-state index contributed by atoms with van der Waals surface area (Å²) in [4.78, 5) is 12.3. The molecular weight excluding hydrogens is 350 g/mol. The van der Waals surface area contributed by atoms with Crippen LogP contribution >= 0.6 is 0 Å². The van der Waals surface area contributed by atoms with Crippen LogP contribution in [0.1, 0.15) is 22.3 Å². The molecule has 0 saturated heterocycles. The Labute approximate surface area is 164 Å². The summed E-state index contributed by atoms with van der Waals surface area (Å²) < 4.78 is 11.4. The van der Waals surface area contributed by atoms with Gasteiger partial charge in [0, 0.05) is 16.8 Å². The number of amides is 1. The third kappa shape index (κ3) is 3.62. The molecule has 0 atom stereocenters. The molecule has 1 aliphatic rings. The van der Waals surface area contributed by atoms with E-state index in [1.165, 1.54) is 5.56 Å². The number of para-hydroxylation sites is 1. The molecule has 3 aromatic carbocycles. The first-order valence-corrected chi connectivity index (χ1v) is 9.13. The van der Waals surface area contributed by atoms with E-state index in [9.17, 15) is 4.79 Å². The van der Waals surface area contributed by atoms with Crippen molar-refractivity contribution < 1.29 is 14.3 Å². The minimum Gasteiger partial charge on any atom is -0.493 e. The quantitative estimate of drug-likeness (QED) is 0.637. The van der Waals surface area contributed by atoms with Crippen LogP contribution in [0.3, 0.4) is 0 Å². The molecule has 3 aromatic rings. The lowest BCUT2D eigenvalue weighted by atomic mass is 10.0. The lowest BCUT2D eigenvalue weighted by Gasteiger charge is -2.12. The van der Waals surface area contributed by atoms with Gasteiger partial charge in [0.25, 0.3) is 5.91 Å². The molecule has 1 heterocycles. The number of hydrogen-bond donors (Lipinski definition) is 1. The van der Waals surface area contributed by atoms with E-state index in [1.54, 1.807) is 7.11 Å². The molecule has 0 bridgehead atoms. The Bertz CT molecular complexity index is 1050. The number of benzene rings is 3. The van der Waals surface area contributed by atoms with Gasteiger partial charge in [-0.25, -0.2) is 0 Å². The summed E-state index contributed by atoms with van der Waals surface area (Å²) in [5, 5.41) is 2.89. The maximum Gasteiger partial charge on any atom is 0.256 e. The van der Waals surface area contributed by atoms with Gasteiger partial charge in [0.05, 0.1) is 7.11 Å². The number of carbonyl (C=O) groups is 1. The van der Waals surface area contributed by atoms with Crippen LogP contribution in [0.25, 0.3) is 11.6 Å². The van der Waals surface area contributed by atoms with E-state index in [0.29, 0.717) is 23.7 Å². The normalized spacial score (nSPS) is 13.9. The predicted molar refractivity (Wildman–Crippen MR) is 111 cm³/mol. The van der Waals surface area contributed by atoms with Crippen molar-refractivity contribution in [2.45, 2.75) is 13.5 Å². The monoisotopic (exact) mass is 371 g/mol. The van der Waals surface area contributed by atoms with Gasteiger partial charge in [0.2, 0.25) is 0 Å². The van der Waals surface area contributed by atoms with Gasteiger partial charge < -0.3 is 14.8 Å². The van der Waals surface area contributed by atoms with E-state index >= 15 is 0 Å². The second-order valence-electron chi connectivity index (χ2n) is 6.74. The molecule has 0 radical (unpaired) electrons. The van der Waals surface area contributed by atoms with E-state index < -0.39 is 0 Å². The van der Waals surface area contributed by atoms with Crippen molar-refractivity contribution in [3.63, 3.8) is 0 Å². The Morgan fingerprint density at radius 3 is 2.54 bits per heavy atom. The van der Waals surface area contributed by atoms with Gasteiger partial charge in [-0.3, -0.25) is 4.79 Å².